The van der Waals surface area contributed by atoms with Crippen molar-refractivity contribution >= 4 is 82.3 Å². The van der Waals surface area contributed by atoms with Gasteiger partial charge in [-0.1, -0.05) is 52.3 Å². The second kappa shape index (κ2) is 9.44. The molecular weight excluding hydrogens is 562 g/mol. The molecule has 9 heteroatoms. The highest BCUT2D eigenvalue weighted by molar-refractivity contribution is 9.11. The van der Waals surface area contributed by atoms with Crippen LogP contribution in [-0.2, 0) is 0 Å². The topological polar surface area (TPSA) is 63.2 Å². The molecule has 0 spiro atoms. The fourth-order valence-corrected chi connectivity index (χ4v) is 5.41. The standard InChI is InChI=1S/C22H15Br2N3O2S2/c1-29-19-16(9-15(23)10-17(19)24)20(28)26-21(30)27-22-25-18(11-31-22)14-7-6-12-4-2-3-5-13(12)8-14/h2-11H,1H3,(H2,25,26,27,28,30). The summed E-state index contributed by atoms with van der Waals surface area (Å²) in [7, 11) is 1.51. The Balaban J connectivity index is 1.47. The van der Waals surface area contributed by atoms with Crippen LogP contribution in [0.15, 0.2) is 68.9 Å². The molecule has 0 aliphatic rings. The van der Waals surface area contributed by atoms with Crippen LogP contribution in [0.5, 0.6) is 5.75 Å². The summed E-state index contributed by atoms with van der Waals surface area (Å²) < 4.78 is 6.73. The van der Waals surface area contributed by atoms with E-state index in [0.29, 0.717) is 20.9 Å². The van der Waals surface area contributed by atoms with Gasteiger partial charge in [-0.25, -0.2) is 4.98 Å². The summed E-state index contributed by atoms with van der Waals surface area (Å²) >= 11 is 13.5. The zero-order valence-corrected chi connectivity index (χ0v) is 20.9. The predicted octanol–water partition coefficient (Wildman–Crippen LogP) is 6.62. The number of aromatic nitrogens is 1. The van der Waals surface area contributed by atoms with Gasteiger partial charge in [0.1, 0.15) is 5.75 Å². The van der Waals surface area contributed by atoms with Gasteiger partial charge in [-0.15, -0.1) is 11.3 Å². The van der Waals surface area contributed by atoms with Gasteiger partial charge < -0.3 is 10.1 Å². The van der Waals surface area contributed by atoms with Gasteiger partial charge in [0.25, 0.3) is 5.91 Å². The molecule has 1 amide bonds. The first-order chi connectivity index (χ1) is 14.9. The van der Waals surface area contributed by atoms with Crippen LogP contribution < -0.4 is 15.4 Å². The maximum atomic E-state index is 12.7. The van der Waals surface area contributed by atoms with E-state index in [4.69, 9.17) is 17.0 Å². The van der Waals surface area contributed by atoms with Gasteiger partial charge in [-0.2, -0.15) is 0 Å². The van der Waals surface area contributed by atoms with E-state index in [1.165, 1.54) is 23.8 Å². The minimum atomic E-state index is -0.386. The number of rotatable bonds is 4. The van der Waals surface area contributed by atoms with Crippen LogP contribution in [0.2, 0.25) is 0 Å². The molecule has 0 aliphatic heterocycles. The van der Waals surface area contributed by atoms with Crippen molar-refractivity contribution in [1.82, 2.24) is 10.3 Å². The number of ether oxygens (including phenoxy) is 1. The molecule has 0 aliphatic carbocycles. The molecule has 0 radical (unpaired) electrons. The Morgan fingerprint density at radius 2 is 1.87 bits per heavy atom. The third-order valence-electron chi connectivity index (χ3n) is 4.45. The number of anilines is 1. The van der Waals surface area contributed by atoms with Crippen LogP contribution in [0.4, 0.5) is 5.13 Å². The summed E-state index contributed by atoms with van der Waals surface area (Å²) in [5, 5.41) is 10.7. The highest BCUT2D eigenvalue weighted by atomic mass is 79.9. The smallest absolute Gasteiger partial charge is 0.261 e. The molecule has 1 heterocycles. The fourth-order valence-electron chi connectivity index (χ4n) is 3.05. The van der Waals surface area contributed by atoms with E-state index in [2.05, 4.69) is 71.7 Å². The van der Waals surface area contributed by atoms with Crippen LogP contribution in [0, 0.1) is 0 Å². The predicted molar refractivity (Wildman–Crippen MR) is 137 cm³/mol. The molecule has 0 atom stereocenters. The molecule has 31 heavy (non-hydrogen) atoms. The average Bonchev–Trinajstić information content (AvgIpc) is 3.21. The molecule has 0 bridgehead atoms. The number of benzene rings is 3. The van der Waals surface area contributed by atoms with Crippen LogP contribution in [0.25, 0.3) is 22.0 Å². The van der Waals surface area contributed by atoms with Crippen LogP contribution >= 0.6 is 55.4 Å². The maximum absolute atomic E-state index is 12.7. The average molecular weight is 577 g/mol. The van der Waals surface area contributed by atoms with E-state index in [9.17, 15) is 4.79 Å². The number of hydrogen-bond donors (Lipinski definition) is 2. The molecule has 156 valence electrons. The summed E-state index contributed by atoms with van der Waals surface area (Å²) in [5.41, 5.74) is 2.20. The molecule has 4 aromatic rings. The van der Waals surface area contributed by atoms with Crippen molar-refractivity contribution in [3.8, 4) is 17.0 Å². The number of nitrogens with one attached hydrogen (secondary N) is 2. The number of methoxy groups -OCH3 is 1. The van der Waals surface area contributed by atoms with E-state index in [0.717, 1.165) is 21.1 Å². The van der Waals surface area contributed by atoms with Gasteiger partial charge in [-0.3, -0.25) is 10.1 Å². The van der Waals surface area contributed by atoms with Crippen molar-refractivity contribution in [2.24, 2.45) is 0 Å². The van der Waals surface area contributed by atoms with Crippen LogP contribution in [-0.4, -0.2) is 23.1 Å². The zero-order valence-electron chi connectivity index (χ0n) is 16.1. The van der Waals surface area contributed by atoms with Crippen molar-refractivity contribution in [2.75, 3.05) is 12.4 Å². The summed E-state index contributed by atoms with van der Waals surface area (Å²) in [6.07, 6.45) is 0. The van der Waals surface area contributed by atoms with Gasteiger partial charge in [0, 0.05) is 15.4 Å². The molecule has 1 aromatic heterocycles. The van der Waals surface area contributed by atoms with Crippen molar-refractivity contribution in [1.29, 1.82) is 0 Å². The largest absolute Gasteiger partial charge is 0.495 e. The minimum absolute atomic E-state index is 0.155. The number of fused-ring (bicyclic) bond motifs is 1. The highest BCUT2D eigenvalue weighted by Gasteiger charge is 2.18. The Morgan fingerprint density at radius 1 is 1.10 bits per heavy atom. The maximum Gasteiger partial charge on any atom is 0.261 e. The van der Waals surface area contributed by atoms with Crippen molar-refractivity contribution in [3.63, 3.8) is 0 Å². The Bertz CT molecular complexity index is 1310. The van der Waals surface area contributed by atoms with Gasteiger partial charge >= 0.3 is 0 Å². The van der Waals surface area contributed by atoms with Crippen LogP contribution in [0.1, 0.15) is 10.4 Å². The Morgan fingerprint density at radius 3 is 2.65 bits per heavy atom. The van der Waals surface area contributed by atoms with E-state index < -0.39 is 0 Å². The third-order valence-corrected chi connectivity index (χ3v) is 6.46. The van der Waals surface area contributed by atoms with Crippen molar-refractivity contribution < 1.29 is 9.53 Å². The van der Waals surface area contributed by atoms with Gasteiger partial charge in [0.15, 0.2) is 10.2 Å². The summed E-state index contributed by atoms with van der Waals surface area (Å²) in [4.78, 5) is 17.3. The normalized spacial score (nSPS) is 10.7. The summed E-state index contributed by atoms with van der Waals surface area (Å²) in [6.45, 7) is 0. The molecule has 5 nitrogen and oxygen atoms in total. The number of thiazole rings is 1. The number of carbonyl (C=O) groups excluding carboxylic acids is 1. The molecule has 4 rings (SSSR count). The highest BCUT2D eigenvalue weighted by Crippen LogP contribution is 2.33. The SMILES string of the molecule is COc1c(Br)cc(Br)cc1C(=O)NC(=S)Nc1nc(-c2ccc3ccccc3c2)cs1. The Hall–Kier alpha value is -2.33. The lowest BCUT2D eigenvalue weighted by molar-refractivity contribution is 0.0974. The van der Waals surface area contributed by atoms with Crippen LogP contribution in [0.3, 0.4) is 0 Å². The summed E-state index contributed by atoms with van der Waals surface area (Å²) in [5.74, 6) is 0.0407. The Labute approximate surface area is 205 Å². The second-order valence-corrected chi connectivity index (χ2v) is 9.51. The lowest BCUT2D eigenvalue weighted by Crippen LogP contribution is -2.34. The van der Waals surface area contributed by atoms with E-state index in [1.807, 2.05) is 23.6 Å². The van der Waals surface area contributed by atoms with Crippen molar-refractivity contribution in [2.45, 2.75) is 0 Å². The van der Waals surface area contributed by atoms with E-state index in [-0.39, 0.29) is 11.0 Å². The fraction of sp³-hybridized carbons (Fsp3) is 0.0455. The van der Waals surface area contributed by atoms with Gasteiger partial charge in [0.05, 0.1) is 22.8 Å². The number of nitrogens with zero attached hydrogens (tertiary/aromatic N) is 1. The lowest BCUT2D eigenvalue weighted by atomic mass is 10.1. The molecular formula is C22H15Br2N3O2S2. The molecule has 0 saturated carbocycles. The third kappa shape index (κ3) is 4.95. The van der Waals surface area contributed by atoms with Gasteiger partial charge in [-0.05, 0) is 57.1 Å². The molecule has 0 fully saturated rings. The number of amides is 1. The number of halogens is 2. The molecule has 0 unspecified atom stereocenters. The second-order valence-electron chi connectivity index (χ2n) is 6.48. The minimum Gasteiger partial charge on any atom is -0.495 e. The molecule has 2 N–H and O–H groups in total. The molecule has 3 aromatic carbocycles. The van der Waals surface area contributed by atoms with Gasteiger partial charge in [0.2, 0.25) is 0 Å². The van der Waals surface area contributed by atoms with E-state index >= 15 is 0 Å². The number of carbonyl (C=O) groups is 1. The zero-order chi connectivity index (χ0) is 22.0. The van der Waals surface area contributed by atoms with Crippen molar-refractivity contribution in [3.05, 3.63) is 74.5 Å². The monoisotopic (exact) mass is 575 g/mol. The number of hydrogen-bond acceptors (Lipinski definition) is 5. The number of thiocarbonyl (C=S) groups is 1. The first-order valence-electron chi connectivity index (χ1n) is 9.04. The Kier molecular flexibility index (Phi) is 6.66. The first-order valence-corrected chi connectivity index (χ1v) is 11.9. The summed E-state index contributed by atoms with van der Waals surface area (Å²) in [6, 6.07) is 17.9. The lowest BCUT2D eigenvalue weighted by Gasteiger charge is -2.12. The first kappa shape index (κ1) is 21.9. The van der Waals surface area contributed by atoms with E-state index in [1.54, 1.807) is 12.1 Å². The molecule has 0 saturated heterocycles. The quantitative estimate of drug-likeness (QED) is 0.267.